The summed E-state index contributed by atoms with van der Waals surface area (Å²) in [5.74, 6) is -1.23. The van der Waals surface area contributed by atoms with Gasteiger partial charge in [0.2, 0.25) is 5.91 Å². The number of carboxylic acid groups (broad SMARTS) is 1. The van der Waals surface area contributed by atoms with Crippen molar-refractivity contribution in [1.29, 1.82) is 0 Å². The van der Waals surface area contributed by atoms with Crippen LogP contribution in [-0.4, -0.2) is 45.6 Å². The molecule has 2 aliphatic rings. The normalized spacial score (nSPS) is 21.5. The second kappa shape index (κ2) is 7.08. The number of fused-ring (bicyclic) bond motifs is 3. The minimum atomic E-state index is -1.09. The number of hydrogen-bond donors (Lipinski definition) is 2. The van der Waals surface area contributed by atoms with Gasteiger partial charge in [0, 0.05) is 17.7 Å². The lowest BCUT2D eigenvalue weighted by Crippen LogP contribution is -2.51. The number of aliphatic carboxylic acids is 1. The van der Waals surface area contributed by atoms with Gasteiger partial charge >= 0.3 is 5.97 Å². The molecule has 3 atom stereocenters. The topological polar surface area (TPSA) is 86.7 Å². The standard InChI is InChI=1S/C20H18N2O4S/c23-17(21-15(20(25)26)10-12-6-2-1-3-7-12)16-11-27-19-14-9-5-4-8-13(14)18(24)22(16)19/h1-9,15-16,19H,10-11H2,(H,21,23)(H,25,26)/t15-,16-,19?/m0/s1. The highest BCUT2D eigenvalue weighted by atomic mass is 32.2. The summed E-state index contributed by atoms with van der Waals surface area (Å²) in [5.41, 5.74) is 2.36. The van der Waals surface area contributed by atoms with Crippen LogP contribution in [-0.2, 0) is 16.0 Å². The fraction of sp³-hybridized carbons (Fsp3) is 0.250. The summed E-state index contributed by atoms with van der Waals surface area (Å²) in [6.45, 7) is 0. The number of thioether (sulfide) groups is 1. The maximum atomic E-state index is 12.8. The second-order valence-corrected chi connectivity index (χ2v) is 7.70. The maximum absolute atomic E-state index is 12.8. The Morgan fingerprint density at radius 1 is 1.15 bits per heavy atom. The number of benzene rings is 2. The SMILES string of the molecule is O=C(O)[C@H](Cc1ccccc1)NC(=O)[C@@H]1CSC2c3ccccc3C(=O)N21. The van der Waals surface area contributed by atoms with Crippen LogP contribution in [0.5, 0.6) is 0 Å². The molecule has 0 spiro atoms. The Labute approximate surface area is 160 Å². The average molecular weight is 382 g/mol. The molecule has 0 radical (unpaired) electrons. The summed E-state index contributed by atoms with van der Waals surface area (Å²) in [6.07, 6.45) is 0.194. The summed E-state index contributed by atoms with van der Waals surface area (Å²) in [4.78, 5) is 38.7. The van der Waals surface area contributed by atoms with Gasteiger partial charge in [0.1, 0.15) is 17.5 Å². The molecule has 1 unspecified atom stereocenters. The number of nitrogens with one attached hydrogen (secondary N) is 1. The van der Waals surface area contributed by atoms with Gasteiger partial charge in [-0.15, -0.1) is 11.8 Å². The van der Waals surface area contributed by atoms with Crippen molar-refractivity contribution in [1.82, 2.24) is 10.2 Å². The molecule has 0 aliphatic carbocycles. The number of rotatable bonds is 5. The minimum Gasteiger partial charge on any atom is -0.480 e. The number of amides is 2. The third-order valence-electron chi connectivity index (χ3n) is 4.89. The highest BCUT2D eigenvalue weighted by molar-refractivity contribution is 7.99. The first kappa shape index (κ1) is 17.6. The number of carbonyl (C=O) groups excluding carboxylic acids is 2. The van der Waals surface area contributed by atoms with Gasteiger partial charge in [-0.1, -0.05) is 48.5 Å². The molecule has 2 N–H and O–H groups in total. The fourth-order valence-corrected chi connectivity index (χ4v) is 5.02. The molecule has 2 aliphatic heterocycles. The van der Waals surface area contributed by atoms with E-state index in [0.29, 0.717) is 11.3 Å². The van der Waals surface area contributed by atoms with Gasteiger partial charge < -0.3 is 15.3 Å². The fourth-order valence-electron chi connectivity index (χ4n) is 3.56. The van der Waals surface area contributed by atoms with Crippen molar-refractivity contribution in [3.05, 3.63) is 71.3 Å². The van der Waals surface area contributed by atoms with Crippen LogP contribution in [0.4, 0.5) is 0 Å². The van der Waals surface area contributed by atoms with E-state index < -0.39 is 24.0 Å². The molecule has 2 amide bonds. The Balaban J connectivity index is 1.50. The minimum absolute atomic E-state index is 0.171. The van der Waals surface area contributed by atoms with E-state index in [1.807, 2.05) is 42.5 Å². The summed E-state index contributed by atoms with van der Waals surface area (Å²) >= 11 is 1.53. The lowest BCUT2D eigenvalue weighted by atomic mass is 10.1. The van der Waals surface area contributed by atoms with E-state index in [1.54, 1.807) is 17.0 Å². The Morgan fingerprint density at radius 2 is 1.85 bits per heavy atom. The number of carboxylic acids is 1. The molecular formula is C20H18N2O4S. The lowest BCUT2D eigenvalue weighted by molar-refractivity contribution is -0.142. The molecule has 0 bridgehead atoms. The maximum Gasteiger partial charge on any atom is 0.326 e. The van der Waals surface area contributed by atoms with Crippen LogP contribution in [0.25, 0.3) is 0 Å². The first-order valence-corrected chi connectivity index (χ1v) is 9.71. The molecule has 27 heavy (non-hydrogen) atoms. The highest BCUT2D eigenvalue weighted by Crippen LogP contribution is 2.48. The van der Waals surface area contributed by atoms with Gasteiger partial charge in [-0.3, -0.25) is 9.59 Å². The molecule has 0 saturated carbocycles. The first-order chi connectivity index (χ1) is 13.1. The van der Waals surface area contributed by atoms with Crippen LogP contribution in [0.3, 0.4) is 0 Å². The zero-order chi connectivity index (χ0) is 19.0. The molecule has 2 aromatic carbocycles. The van der Waals surface area contributed by atoms with Crippen molar-refractivity contribution in [3.8, 4) is 0 Å². The van der Waals surface area contributed by atoms with E-state index in [4.69, 9.17) is 0 Å². The van der Waals surface area contributed by atoms with Crippen molar-refractivity contribution >= 4 is 29.5 Å². The molecule has 7 heteroatoms. The van der Waals surface area contributed by atoms with Crippen LogP contribution < -0.4 is 5.32 Å². The van der Waals surface area contributed by atoms with Crippen LogP contribution in [0.2, 0.25) is 0 Å². The molecule has 6 nitrogen and oxygen atoms in total. The molecule has 1 fully saturated rings. The lowest BCUT2D eigenvalue weighted by Gasteiger charge is -2.24. The summed E-state index contributed by atoms with van der Waals surface area (Å²) in [7, 11) is 0. The van der Waals surface area contributed by atoms with E-state index in [2.05, 4.69) is 5.32 Å². The Kier molecular flexibility index (Phi) is 4.61. The van der Waals surface area contributed by atoms with Gasteiger partial charge in [0.15, 0.2) is 0 Å². The largest absolute Gasteiger partial charge is 0.480 e. The molecule has 138 valence electrons. The zero-order valence-electron chi connectivity index (χ0n) is 14.4. The quantitative estimate of drug-likeness (QED) is 0.827. The molecule has 2 heterocycles. The predicted octanol–water partition coefficient (Wildman–Crippen LogP) is 2.07. The predicted molar refractivity (Wildman–Crippen MR) is 101 cm³/mol. The summed E-state index contributed by atoms with van der Waals surface area (Å²) in [5, 5.41) is 11.9. The number of hydrogen-bond acceptors (Lipinski definition) is 4. The van der Waals surface area contributed by atoms with Gasteiger partial charge in [-0.2, -0.15) is 0 Å². The zero-order valence-corrected chi connectivity index (χ0v) is 15.2. The summed E-state index contributed by atoms with van der Waals surface area (Å²) < 4.78 is 0. The second-order valence-electron chi connectivity index (χ2n) is 6.59. The van der Waals surface area contributed by atoms with Gasteiger partial charge in [0.05, 0.1) is 0 Å². The van der Waals surface area contributed by atoms with E-state index >= 15 is 0 Å². The molecule has 4 rings (SSSR count). The number of nitrogens with zero attached hydrogens (tertiary/aromatic N) is 1. The first-order valence-electron chi connectivity index (χ1n) is 8.66. The Bertz CT molecular complexity index is 902. The molecular weight excluding hydrogens is 364 g/mol. The summed E-state index contributed by atoms with van der Waals surface area (Å²) in [6, 6.07) is 14.8. The van der Waals surface area contributed by atoms with Crippen molar-refractivity contribution in [2.45, 2.75) is 23.9 Å². The van der Waals surface area contributed by atoms with Crippen molar-refractivity contribution in [3.63, 3.8) is 0 Å². The molecule has 1 saturated heterocycles. The van der Waals surface area contributed by atoms with Crippen LogP contribution in [0.1, 0.15) is 26.9 Å². The van der Waals surface area contributed by atoms with Crippen molar-refractivity contribution < 1.29 is 19.5 Å². The Morgan fingerprint density at radius 3 is 2.59 bits per heavy atom. The van der Waals surface area contributed by atoms with E-state index in [0.717, 1.165) is 11.1 Å². The van der Waals surface area contributed by atoms with Crippen LogP contribution in [0.15, 0.2) is 54.6 Å². The van der Waals surface area contributed by atoms with Crippen molar-refractivity contribution in [2.24, 2.45) is 0 Å². The van der Waals surface area contributed by atoms with Crippen LogP contribution in [0, 0.1) is 0 Å². The van der Waals surface area contributed by atoms with Crippen LogP contribution >= 0.6 is 11.8 Å². The average Bonchev–Trinajstić information content (AvgIpc) is 3.23. The van der Waals surface area contributed by atoms with E-state index in [9.17, 15) is 19.5 Å². The monoisotopic (exact) mass is 382 g/mol. The third kappa shape index (κ3) is 3.19. The highest BCUT2D eigenvalue weighted by Gasteiger charge is 2.48. The van der Waals surface area contributed by atoms with E-state index in [-0.39, 0.29) is 17.7 Å². The van der Waals surface area contributed by atoms with Gasteiger partial charge in [0.25, 0.3) is 5.91 Å². The van der Waals surface area contributed by atoms with Gasteiger partial charge in [-0.05, 0) is 17.2 Å². The van der Waals surface area contributed by atoms with E-state index in [1.165, 1.54) is 11.8 Å². The molecule has 0 aromatic heterocycles. The Hall–Kier alpha value is -2.80. The number of carbonyl (C=O) groups is 3. The smallest absolute Gasteiger partial charge is 0.326 e. The van der Waals surface area contributed by atoms with Gasteiger partial charge in [-0.25, -0.2) is 4.79 Å². The molecule has 2 aromatic rings. The third-order valence-corrected chi connectivity index (χ3v) is 6.20. The van der Waals surface area contributed by atoms with Crippen molar-refractivity contribution in [2.75, 3.05) is 5.75 Å².